The zero-order chi connectivity index (χ0) is 13.7. The van der Waals surface area contributed by atoms with Crippen LogP contribution in [0.3, 0.4) is 0 Å². The molecule has 0 heterocycles. The van der Waals surface area contributed by atoms with Crippen LogP contribution in [0.15, 0.2) is 29.2 Å². The van der Waals surface area contributed by atoms with E-state index in [0.717, 1.165) is 18.0 Å². The smallest absolute Gasteiger partial charge is 0.119 e. The highest BCUT2D eigenvalue weighted by atomic mass is 32.2. The van der Waals surface area contributed by atoms with Gasteiger partial charge in [-0.1, -0.05) is 6.92 Å². The molecule has 0 saturated heterocycles. The second kappa shape index (κ2) is 6.31. The lowest BCUT2D eigenvalue weighted by molar-refractivity contribution is 0.414. The molecule has 1 atom stereocenters. The fourth-order valence-electron chi connectivity index (χ4n) is 2.24. The highest BCUT2D eigenvalue weighted by molar-refractivity contribution is 7.99. The molecule has 0 spiro atoms. The Hall–Kier alpha value is -1.18. The second-order valence-electron chi connectivity index (χ2n) is 4.85. The van der Waals surface area contributed by atoms with E-state index in [4.69, 9.17) is 4.74 Å². The lowest BCUT2D eigenvalue weighted by Gasteiger charge is -2.27. The molecule has 0 aliphatic heterocycles. The molecule has 1 fully saturated rings. The van der Waals surface area contributed by atoms with Crippen LogP contribution >= 0.6 is 11.8 Å². The van der Waals surface area contributed by atoms with Crippen LogP contribution in [0, 0.1) is 17.2 Å². The second-order valence-corrected chi connectivity index (χ2v) is 5.90. The molecule has 0 aromatic heterocycles. The van der Waals surface area contributed by atoms with Crippen molar-refractivity contribution in [2.45, 2.75) is 30.2 Å². The summed E-state index contributed by atoms with van der Waals surface area (Å²) in [5, 5.41) is 12.9. The van der Waals surface area contributed by atoms with Crippen LogP contribution in [0.5, 0.6) is 5.75 Å². The number of nitrogens with one attached hydrogen (secondary N) is 1. The first-order valence-electron chi connectivity index (χ1n) is 6.67. The molecule has 2 rings (SSSR count). The van der Waals surface area contributed by atoms with Gasteiger partial charge in [0.25, 0.3) is 0 Å². The summed E-state index contributed by atoms with van der Waals surface area (Å²) in [6.07, 6.45) is 2.34. The predicted octanol–water partition coefficient (Wildman–Crippen LogP) is 3.07. The van der Waals surface area contributed by atoms with E-state index in [-0.39, 0.29) is 5.54 Å². The van der Waals surface area contributed by atoms with Crippen molar-refractivity contribution in [3.63, 3.8) is 0 Å². The molecule has 1 unspecified atom stereocenters. The molecule has 1 aromatic carbocycles. The van der Waals surface area contributed by atoms with E-state index in [9.17, 15) is 5.26 Å². The fraction of sp³-hybridized carbons (Fsp3) is 0.533. The van der Waals surface area contributed by atoms with Gasteiger partial charge in [-0.25, -0.2) is 0 Å². The first-order valence-corrected chi connectivity index (χ1v) is 7.66. The quantitative estimate of drug-likeness (QED) is 0.777. The van der Waals surface area contributed by atoms with E-state index in [0.29, 0.717) is 5.92 Å². The van der Waals surface area contributed by atoms with Gasteiger partial charge >= 0.3 is 0 Å². The third kappa shape index (κ3) is 3.43. The number of benzene rings is 1. The Morgan fingerprint density at radius 1 is 1.42 bits per heavy atom. The molecule has 4 heteroatoms. The van der Waals surface area contributed by atoms with Gasteiger partial charge in [-0.05, 0) is 49.6 Å². The van der Waals surface area contributed by atoms with E-state index in [2.05, 4.69) is 18.3 Å². The number of rotatable bonds is 7. The highest BCUT2D eigenvalue weighted by Gasteiger charge is 2.45. The molecule has 1 aliphatic rings. The van der Waals surface area contributed by atoms with E-state index in [1.807, 2.05) is 24.3 Å². The summed E-state index contributed by atoms with van der Waals surface area (Å²) in [4.78, 5) is 1.18. The van der Waals surface area contributed by atoms with E-state index < -0.39 is 0 Å². The molecule has 102 valence electrons. The van der Waals surface area contributed by atoms with Crippen molar-refractivity contribution in [1.29, 1.82) is 5.26 Å². The first-order chi connectivity index (χ1) is 9.24. The van der Waals surface area contributed by atoms with Gasteiger partial charge in [0.1, 0.15) is 11.3 Å². The molecule has 1 saturated carbocycles. The van der Waals surface area contributed by atoms with Crippen molar-refractivity contribution in [1.82, 2.24) is 5.32 Å². The Morgan fingerprint density at radius 2 is 2.11 bits per heavy atom. The molecule has 0 bridgehead atoms. The number of hydrogen-bond donors (Lipinski definition) is 1. The van der Waals surface area contributed by atoms with Crippen molar-refractivity contribution in [2.75, 3.05) is 19.4 Å². The zero-order valence-electron chi connectivity index (χ0n) is 11.5. The molecule has 0 radical (unpaired) electrons. The normalized spacial score (nSPS) is 17.5. The van der Waals surface area contributed by atoms with Gasteiger partial charge in [0.2, 0.25) is 0 Å². The molecule has 1 aliphatic carbocycles. The maximum atomic E-state index is 9.53. The van der Waals surface area contributed by atoms with Crippen molar-refractivity contribution in [3.05, 3.63) is 24.3 Å². The maximum Gasteiger partial charge on any atom is 0.119 e. The van der Waals surface area contributed by atoms with Gasteiger partial charge in [-0.15, -0.1) is 11.8 Å². The number of nitrogens with zero attached hydrogens (tertiary/aromatic N) is 1. The molecular formula is C15H20N2OS. The Bertz CT molecular complexity index is 450. The topological polar surface area (TPSA) is 45.0 Å². The molecule has 19 heavy (non-hydrogen) atoms. The number of hydrogen-bond acceptors (Lipinski definition) is 4. The Morgan fingerprint density at radius 3 is 2.58 bits per heavy atom. The van der Waals surface area contributed by atoms with Gasteiger partial charge < -0.3 is 4.74 Å². The molecule has 1 N–H and O–H groups in total. The number of nitriles is 1. The van der Waals surface area contributed by atoms with Gasteiger partial charge in [-0.3, -0.25) is 5.32 Å². The monoisotopic (exact) mass is 276 g/mol. The van der Waals surface area contributed by atoms with Gasteiger partial charge in [0.05, 0.1) is 13.2 Å². The van der Waals surface area contributed by atoms with E-state index in [1.54, 1.807) is 18.9 Å². The highest BCUT2D eigenvalue weighted by Crippen LogP contribution is 2.42. The van der Waals surface area contributed by atoms with Gasteiger partial charge in [0.15, 0.2) is 0 Å². The summed E-state index contributed by atoms with van der Waals surface area (Å²) in [5.74, 6) is 2.18. The van der Waals surface area contributed by atoms with Crippen LogP contribution in [0.2, 0.25) is 0 Å². The molecule has 1 aromatic rings. The number of methoxy groups -OCH3 is 1. The minimum atomic E-state index is -0.362. The summed E-state index contributed by atoms with van der Waals surface area (Å²) in [7, 11) is 1.67. The van der Waals surface area contributed by atoms with Crippen molar-refractivity contribution >= 4 is 11.8 Å². The summed E-state index contributed by atoms with van der Waals surface area (Å²) in [6, 6.07) is 10.5. The fourth-order valence-corrected chi connectivity index (χ4v) is 3.36. The zero-order valence-corrected chi connectivity index (χ0v) is 12.3. The first kappa shape index (κ1) is 14.2. The molecular weight excluding hydrogens is 256 g/mol. The minimum absolute atomic E-state index is 0.362. The van der Waals surface area contributed by atoms with Crippen LogP contribution in [0.25, 0.3) is 0 Å². The summed E-state index contributed by atoms with van der Waals surface area (Å²) in [5.41, 5.74) is -0.362. The van der Waals surface area contributed by atoms with Gasteiger partial charge in [-0.2, -0.15) is 5.26 Å². The third-order valence-corrected chi connectivity index (χ3v) is 4.70. The number of thioether (sulfide) groups is 1. The minimum Gasteiger partial charge on any atom is -0.497 e. The van der Waals surface area contributed by atoms with Crippen LogP contribution in [0.1, 0.15) is 19.8 Å². The third-order valence-electron chi connectivity index (χ3n) is 3.49. The maximum absolute atomic E-state index is 9.53. The average molecular weight is 276 g/mol. The van der Waals surface area contributed by atoms with Crippen molar-refractivity contribution in [3.8, 4) is 11.8 Å². The van der Waals surface area contributed by atoms with Gasteiger partial charge in [0, 0.05) is 10.6 Å². The largest absolute Gasteiger partial charge is 0.497 e. The summed E-state index contributed by atoms with van der Waals surface area (Å²) >= 11 is 1.74. The Labute approximate surface area is 119 Å². The van der Waals surface area contributed by atoms with Crippen molar-refractivity contribution in [2.24, 2.45) is 5.92 Å². The van der Waals surface area contributed by atoms with Crippen LogP contribution in [0.4, 0.5) is 0 Å². The number of ether oxygens (including phenoxy) is 1. The van der Waals surface area contributed by atoms with Crippen molar-refractivity contribution < 1.29 is 4.74 Å². The molecule has 0 amide bonds. The van der Waals surface area contributed by atoms with E-state index >= 15 is 0 Å². The lowest BCUT2D eigenvalue weighted by Crippen LogP contribution is -2.48. The Balaban J connectivity index is 2.00. The lowest BCUT2D eigenvalue weighted by atomic mass is 9.98. The summed E-state index contributed by atoms with van der Waals surface area (Å²) in [6.45, 7) is 2.90. The van der Waals surface area contributed by atoms with Crippen LogP contribution in [-0.2, 0) is 0 Å². The van der Waals surface area contributed by atoms with Crippen LogP contribution in [-0.4, -0.2) is 24.9 Å². The Kier molecular flexibility index (Phi) is 4.73. The molecule has 3 nitrogen and oxygen atoms in total. The SMILES string of the molecule is CCNC(C#N)(CSc1ccc(OC)cc1)C1CC1. The predicted molar refractivity (Wildman–Crippen MR) is 78.5 cm³/mol. The summed E-state index contributed by atoms with van der Waals surface area (Å²) < 4.78 is 5.15. The van der Waals surface area contributed by atoms with Crippen LogP contribution < -0.4 is 10.1 Å². The standard InChI is InChI=1S/C15H20N2OS/c1-3-17-15(10-16,12-4-5-12)11-19-14-8-6-13(18-2)7-9-14/h6-9,12,17H,3-5,11H2,1-2H3. The average Bonchev–Trinajstić information content (AvgIpc) is 3.29. The van der Waals surface area contributed by atoms with E-state index in [1.165, 1.54) is 17.7 Å².